The highest BCUT2D eigenvalue weighted by Gasteiger charge is 2.17. The van der Waals surface area contributed by atoms with E-state index in [1.165, 1.54) is 18.2 Å². The average molecular weight is 378 g/mol. The van der Waals surface area contributed by atoms with Crippen LogP contribution in [0.1, 0.15) is 0 Å². The van der Waals surface area contributed by atoms with Gasteiger partial charge in [0.05, 0.1) is 11.4 Å². The van der Waals surface area contributed by atoms with E-state index in [9.17, 15) is 17.2 Å². The smallest absolute Gasteiger partial charge is 0.240 e. The normalized spacial score (nSPS) is 11.4. The van der Waals surface area contributed by atoms with E-state index in [1.54, 1.807) is 0 Å². The molecule has 0 bridgehead atoms. The Hall–Kier alpha value is -1.71. The Bertz CT molecular complexity index is 789. The second kappa shape index (κ2) is 5.58. The van der Waals surface area contributed by atoms with Gasteiger partial charge in [0.15, 0.2) is 11.6 Å². The molecule has 5 nitrogen and oxygen atoms in total. The maximum atomic E-state index is 13.7. The molecule has 0 atom stereocenters. The minimum absolute atomic E-state index is 0.0293. The lowest BCUT2D eigenvalue weighted by Gasteiger charge is -2.13. The van der Waals surface area contributed by atoms with E-state index in [4.69, 9.17) is 10.9 Å². The monoisotopic (exact) mass is 377 g/mol. The number of nitrogens with two attached hydrogens (primary N) is 2. The van der Waals surface area contributed by atoms with Crippen LogP contribution in [0.15, 0.2) is 39.7 Å². The van der Waals surface area contributed by atoms with Crippen LogP contribution in [0.5, 0.6) is 0 Å². The highest BCUT2D eigenvalue weighted by atomic mass is 79.9. The predicted molar refractivity (Wildman–Crippen MR) is 79.6 cm³/mol. The largest absolute Gasteiger partial charge is 0.396 e. The molecule has 2 aromatic rings. The van der Waals surface area contributed by atoms with E-state index < -0.39 is 27.3 Å². The van der Waals surface area contributed by atoms with E-state index in [0.717, 1.165) is 12.1 Å². The molecule has 0 aromatic heterocycles. The summed E-state index contributed by atoms with van der Waals surface area (Å²) in [5.74, 6) is -1.72. The Morgan fingerprint density at radius 2 is 1.71 bits per heavy atom. The Balaban J connectivity index is 2.51. The quantitative estimate of drug-likeness (QED) is 0.716. The zero-order valence-electron chi connectivity index (χ0n) is 10.4. The topological polar surface area (TPSA) is 98.2 Å². The summed E-state index contributed by atoms with van der Waals surface area (Å²) in [5.41, 5.74) is 5.03. The molecule has 5 N–H and O–H groups in total. The molecule has 112 valence electrons. The highest BCUT2D eigenvalue weighted by Crippen LogP contribution is 2.32. The zero-order chi connectivity index (χ0) is 15.8. The summed E-state index contributed by atoms with van der Waals surface area (Å²) in [6.45, 7) is 0. The van der Waals surface area contributed by atoms with Crippen LogP contribution >= 0.6 is 15.9 Å². The van der Waals surface area contributed by atoms with Crippen molar-refractivity contribution in [2.24, 2.45) is 5.14 Å². The lowest BCUT2D eigenvalue weighted by atomic mass is 10.2. The van der Waals surface area contributed by atoms with Crippen LogP contribution in [0.3, 0.4) is 0 Å². The first-order valence-corrected chi connectivity index (χ1v) is 7.87. The van der Waals surface area contributed by atoms with Gasteiger partial charge in [0.25, 0.3) is 0 Å². The maximum Gasteiger partial charge on any atom is 0.240 e. The summed E-state index contributed by atoms with van der Waals surface area (Å²) in [6.07, 6.45) is 0. The van der Waals surface area contributed by atoms with Crippen LogP contribution in [0, 0.1) is 11.6 Å². The van der Waals surface area contributed by atoms with Crippen LogP contribution in [-0.2, 0) is 10.0 Å². The predicted octanol–water partition coefficient (Wildman–Crippen LogP) is 2.70. The highest BCUT2D eigenvalue weighted by molar-refractivity contribution is 9.10. The Kier molecular flexibility index (Phi) is 4.17. The summed E-state index contributed by atoms with van der Waals surface area (Å²) in [6, 6.07) is 6.05. The van der Waals surface area contributed by atoms with Crippen LogP contribution in [0.4, 0.5) is 25.8 Å². The van der Waals surface area contributed by atoms with Gasteiger partial charge in [-0.15, -0.1) is 0 Å². The van der Waals surface area contributed by atoms with Gasteiger partial charge < -0.3 is 11.1 Å². The molecule has 0 amide bonds. The van der Waals surface area contributed by atoms with Crippen molar-refractivity contribution < 1.29 is 17.2 Å². The fourth-order valence-electron chi connectivity index (χ4n) is 1.70. The van der Waals surface area contributed by atoms with Gasteiger partial charge in [0, 0.05) is 4.47 Å². The number of benzene rings is 2. The van der Waals surface area contributed by atoms with Gasteiger partial charge in [-0.05, 0) is 24.3 Å². The molecule has 21 heavy (non-hydrogen) atoms. The third-order valence-corrected chi connectivity index (χ3v) is 4.07. The third-order valence-electron chi connectivity index (χ3n) is 2.64. The van der Waals surface area contributed by atoms with Crippen molar-refractivity contribution in [2.45, 2.75) is 4.90 Å². The maximum absolute atomic E-state index is 13.7. The number of anilines is 3. The molecule has 0 spiro atoms. The van der Waals surface area contributed by atoms with Gasteiger partial charge in [0.2, 0.25) is 10.0 Å². The van der Waals surface area contributed by atoms with E-state index in [-0.39, 0.29) is 20.7 Å². The number of nitrogens with one attached hydrogen (secondary N) is 1. The van der Waals surface area contributed by atoms with Crippen molar-refractivity contribution in [1.82, 2.24) is 0 Å². The van der Waals surface area contributed by atoms with Crippen LogP contribution < -0.4 is 16.2 Å². The Morgan fingerprint density at radius 3 is 2.24 bits per heavy atom. The lowest BCUT2D eigenvalue weighted by molar-refractivity contribution is 0.589. The van der Waals surface area contributed by atoms with Crippen LogP contribution in [0.25, 0.3) is 0 Å². The number of nitrogen functional groups attached to an aromatic ring is 1. The molecule has 2 aromatic carbocycles. The molecule has 9 heteroatoms. The molecule has 0 unspecified atom stereocenters. The Labute approximate surface area is 128 Å². The fraction of sp³-hybridized carbons (Fsp3) is 0. The van der Waals surface area contributed by atoms with Gasteiger partial charge in [-0.1, -0.05) is 22.0 Å². The first kappa shape index (κ1) is 15.7. The minimum atomic E-state index is -4.04. The lowest BCUT2D eigenvalue weighted by Crippen LogP contribution is -2.15. The SMILES string of the molecule is Nc1c(Nc2c(F)cc(Br)cc2F)cccc1S(N)(=O)=O. The van der Waals surface area contributed by atoms with Crippen molar-refractivity contribution in [3.63, 3.8) is 0 Å². The minimum Gasteiger partial charge on any atom is -0.396 e. The zero-order valence-corrected chi connectivity index (χ0v) is 12.8. The van der Waals surface area contributed by atoms with Gasteiger partial charge in [-0.25, -0.2) is 22.3 Å². The van der Waals surface area contributed by atoms with Crippen molar-refractivity contribution in [3.8, 4) is 0 Å². The summed E-state index contributed by atoms with van der Waals surface area (Å²) in [4.78, 5) is -0.328. The van der Waals surface area contributed by atoms with Gasteiger partial charge >= 0.3 is 0 Å². The van der Waals surface area contributed by atoms with Crippen molar-refractivity contribution in [1.29, 1.82) is 0 Å². The second-order valence-electron chi connectivity index (χ2n) is 4.13. The average Bonchev–Trinajstić information content (AvgIpc) is 2.33. The molecular formula is C12H10BrF2N3O2S. The number of halogens is 3. The number of hydrogen-bond acceptors (Lipinski definition) is 4. The van der Waals surface area contributed by atoms with Gasteiger partial charge in [-0.2, -0.15) is 0 Å². The molecule has 0 fully saturated rings. The van der Waals surface area contributed by atoms with E-state index in [0.29, 0.717) is 0 Å². The molecule has 0 aliphatic rings. The number of primary sulfonamides is 1. The van der Waals surface area contributed by atoms with Gasteiger partial charge in [0.1, 0.15) is 10.6 Å². The van der Waals surface area contributed by atoms with Crippen molar-refractivity contribution in [3.05, 3.63) is 46.4 Å². The van der Waals surface area contributed by atoms with Crippen LogP contribution in [-0.4, -0.2) is 8.42 Å². The molecule has 0 heterocycles. The third kappa shape index (κ3) is 3.31. The standard InChI is InChI=1S/C12H10BrF2N3O2S/c13-6-4-7(14)12(8(15)5-6)18-9-2-1-3-10(11(9)16)21(17,19)20/h1-5,18H,16H2,(H2,17,19,20). The molecule has 2 rings (SSSR count). The molecule has 0 aliphatic carbocycles. The summed E-state index contributed by atoms with van der Waals surface area (Å²) in [5, 5.41) is 7.44. The molecule has 0 radical (unpaired) electrons. The summed E-state index contributed by atoms with van der Waals surface area (Å²) in [7, 11) is -4.04. The first-order valence-electron chi connectivity index (χ1n) is 5.53. The Morgan fingerprint density at radius 1 is 1.14 bits per heavy atom. The van der Waals surface area contributed by atoms with Gasteiger partial charge in [-0.3, -0.25) is 0 Å². The first-order chi connectivity index (χ1) is 9.70. The molecule has 0 saturated heterocycles. The van der Waals surface area contributed by atoms with E-state index in [2.05, 4.69) is 21.2 Å². The molecule has 0 aliphatic heterocycles. The number of sulfonamides is 1. The van der Waals surface area contributed by atoms with Crippen molar-refractivity contribution >= 4 is 43.0 Å². The summed E-state index contributed by atoms with van der Waals surface area (Å²) < 4.78 is 50.4. The number of para-hydroxylation sites is 1. The fourth-order valence-corrected chi connectivity index (χ4v) is 2.78. The van der Waals surface area contributed by atoms with E-state index >= 15 is 0 Å². The number of rotatable bonds is 3. The van der Waals surface area contributed by atoms with Crippen LogP contribution in [0.2, 0.25) is 0 Å². The van der Waals surface area contributed by atoms with Crippen molar-refractivity contribution in [2.75, 3.05) is 11.1 Å². The molecular weight excluding hydrogens is 368 g/mol. The number of hydrogen-bond donors (Lipinski definition) is 3. The summed E-state index contributed by atoms with van der Waals surface area (Å²) >= 11 is 2.96. The molecule has 0 saturated carbocycles. The second-order valence-corrected chi connectivity index (χ2v) is 6.58. The van der Waals surface area contributed by atoms with E-state index in [1.807, 2.05) is 0 Å².